The number of benzene rings is 2. The number of rotatable bonds is 5. The summed E-state index contributed by atoms with van der Waals surface area (Å²) >= 11 is 0. The second kappa shape index (κ2) is 6.40. The Balaban J connectivity index is 2.18. The number of aromatic nitrogens is 1. The van der Waals surface area contributed by atoms with Crippen LogP contribution in [0.5, 0.6) is 5.75 Å². The molecule has 4 heteroatoms. The lowest BCUT2D eigenvalue weighted by atomic mass is 9.96. The number of carboxylic acids is 1. The monoisotopic (exact) mass is 323 g/mol. The van der Waals surface area contributed by atoms with Gasteiger partial charge in [-0.3, -0.25) is 4.79 Å². The second-order valence-electron chi connectivity index (χ2n) is 6.13. The molecule has 0 atom stereocenters. The zero-order valence-corrected chi connectivity index (χ0v) is 14.1. The van der Waals surface area contributed by atoms with Crippen LogP contribution in [0.1, 0.15) is 27.9 Å². The maximum Gasteiger partial charge on any atom is 0.307 e. The van der Waals surface area contributed by atoms with Crippen LogP contribution in [0.2, 0.25) is 0 Å². The molecule has 4 nitrogen and oxygen atoms in total. The van der Waals surface area contributed by atoms with Crippen molar-refractivity contribution in [3.05, 3.63) is 64.3 Å². The van der Waals surface area contributed by atoms with Crippen LogP contribution < -0.4 is 4.74 Å². The number of methoxy groups -OCH3 is 1. The average Bonchev–Trinajstić information content (AvgIpc) is 2.85. The Morgan fingerprint density at radius 2 is 1.79 bits per heavy atom. The molecule has 2 aromatic carbocycles. The van der Waals surface area contributed by atoms with Gasteiger partial charge < -0.3 is 14.8 Å². The van der Waals surface area contributed by atoms with E-state index in [0.29, 0.717) is 6.42 Å². The zero-order valence-electron chi connectivity index (χ0n) is 14.1. The Hall–Kier alpha value is -2.75. The molecule has 0 saturated carbocycles. The predicted octanol–water partition coefficient (Wildman–Crippen LogP) is 4.01. The Kier molecular flexibility index (Phi) is 4.30. The molecule has 124 valence electrons. The molecule has 0 amide bonds. The minimum atomic E-state index is -0.830. The number of carbonyl (C=O) groups is 1. The molecule has 0 aliphatic rings. The van der Waals surface area contributed by atoms with Crippen molar-refractivity contribution in [3.63, 3.8) is 0 Å². The van der Waals surface area contributed by atoms with Gasteiger partial charge >= 0.3 is 5.97 Å². The zero-order chi connectivity index (χ0) is 17.3. The van der Waals surface area contributed by atoms with Crippen molar-refractivity contribution in [2.45, 2.75) is 26.7 Å². The Bertz CT molecular complexity index is 891. The fourth-order valence-corrected chi connectivity index (χ4v) is 3.19. The van der Waals surface area contributed by atoms with Crippen molar-refractivity contribution in [2.75, 3.05) is 7.11 Å². The third kappa shape index (κ3) is 3.00. The van der Waals surface area contributed by atoms with Gasteiger partial charge in [-0.1, -0.05) is 29.8 Å². The number of aromatic amines is 1. The first-order valence-electron chi connectivity index (χ1n) is 7.94. The van der Waals surface area contributed by atoms with Gasteiger partial charge in [0.05, 0.1) is 13.5 Å². The number of fused-ring (bicyclic) bond motifs is 1. The lowest BCUT2D eigenvalue weighted by molar-refractivity contribution is -0.136. The fraction of sp³-hybridized carbons (Fsp3) is 0.250. The molecule has 3 aromatic rings. The van der Waals surface area contributed by atoms with Gasteiger partial charge in [-0.05, 0) is 37.1 Å². The van der Waals surface area contributed by atoms with Crippen molar-refractivity contribution in [1.82, 2.24) is 4.98 Å². The largest absolute Gasteiger partial charge is 0.496 e. The summed E-state index contributed by atoms with van der Waals surface area (Å²) < 4.78 is 5.56. The minimum absolute atomic E-state index is 0.000100. The van der Waals surface area contributed by atoms with E-state index in [0.717, 1.165) is 33.5 Å². The SMILES string of the molecule is COc1ccc2[nH]c(C)c(CC(=O)O)c2c1Cc1ccc(C)cc1. The van der Waals surface area contributed by atoms with E-state index in [4.69, 9.17) is 4.74 Å². The molecule has 2 N–H and O–H groups in total. The standard InChI is InChI=1S/C20H21NO3/c1-12-4-6-14(7-5-12)10-16-18(24-3)9-8-17-20(16)15(11-19(22)23)13(2)21-17/h4-9,21H,10-11H2,1-3H3,(H,22,23). The van der Waals surface area contributed by atoms with E-state index in [9.17, 15) is 9.90 Å². The average molecular weight is 323 g/mol. The van der Waals surface area contributed by atoms with Crippen LogP contribution in [0.4, 0.5) is 0 Å². The van der Waals surface area contributed by atoms with E-state index >= 15 is 0 Å². The molecular weight excluding hydrogens is 302 g/mol. The van der Waals surface area contributed by atoms with Gasteiger partial charge in [-0.15, -0.1) is 0 Å². The summed E-state index contributed by atoms with van der Waals surface area (Å²) in [6.45, 7) is 3.98. The van der Waals surface area contributed by atoms with E-state index in [2.05, 4.69) is 36.2 Å². The maximum atomic E-state index is 11.3. The smallest absolute Gasteiger partial charge is 0.307 e. The van der Waals surface area contributed by atoms with Crippen LogP contribution in [0.3, 0.4) is 0 Å². The minimum Gasteiger partial charge on any atom is -0.496 e. The first-order valence-corrected chi connectivity index (χ1v) is 7.94. The first-order chi connectivity index (χ1) is 11.5. The van der Waals surface area contributed by atoms with Crippen LogP contribution >= 0.6 is 0 Å². The molecular formula is C20H21NO3. The third-order valence-corrected chi connectivity index (χ3v) is 4.40. The van der Waals surface area contributed by atoms with Crippen molar-refractivity contribution in [3.8, 4) is 5.75 Å². The number of aryl methyl sites for hydroxylation is 2. The molecule has 24 heavy (non-hydrogen) atoms. The van der Waals surface area contributed by atoms with E-state index < -0.39 is 5.97 Å². The molecule has 0 bridgehead atoms. The van der Waals surface area contributed by atoms with E-state index in [1.54, 1.807) is 7.11 Å². The van der Waals surface area contributed by atoms with Crippen LogP contribution in [-0.2, 0) is 17.6 Å². The highest BCUT2D eigenvalue weighted by Gasteiger charge is 2.18. The molecule has 0 saturated heterocycles. The van der Waals surface area contributed by atoms with Crippen LogP contribution in [0.15, 0.2) is 36.4 Å². The van der Waals surface area contributed by atoms with Gasteiger partial charge in [-0.2, -0.15) is 0 Å². The van der Waals surface area contributed by atoms with Gasteiger partial charge in [0.15, 0.2) is 0 Å². The molecule has 0 aliphatic carbocycles. The quantitative estimate of drug-likeness (QED) is 0.745. The number of ether oxygens (including phenoxy) is 1. The van der Waals surface area contributed by atoms with Gasteiger partial charge in [0.2, 0.25) is 0 Å². The lowest BCUT2D eigenvalue weighted by Crippen LogP contribution is -2.02. The number of carboxylic acid groups (broad SMARTS) is 1. The molecule has 0 radical (unpaired) electrons. The topological polar surface area (TPSA) is 62.3 Å². The third-order valence-electron chi connectivity index (χ3n) is 4.40. The van der Waals surface area contributed by atoms with Gasteiger partial charge in [0, 0.05) is 28.6 Å². The number of hydrogen-bond donors (Lipinski definition) is 2. The van der Waals surface area contributed by atoms with Crippen molar-refractivity contribution in [1.29, 1.82) is 0 Å². The summed E-state index contributed by atoms with van der Waals surface area (Å²) in [6, 6.07) is 12.3. The molecule has 3 rings (SSSR count). The number of aliphatic carboxylic acids is 1. The summed E-state index contributed by atoms with van der Waals surface area (Å²) in [7, 11) is 1.65. The molecule has 0 spiro atoms. The molecule has 1 heterocycles. The highest BCUT2D eigenvalue weighted by molar-refractivity contribution is 5.92. The molecule has 0 unspecified atom stereocenters. The molecule has 0 aliphatic heterocycles. The fourth-order valence-electron chi connectivity index (χ4n) is 3.19. The first kappa shape index (κ1) is 16.1. The van der Waals surface area contributed by atoms with Gasteiger partial charge in [-0.25, -0.2) is 0 Å². The van der Waals surface area contributed by atoms with E-state index in [1.807, 2.05) is 19.1 Å². The Labute approximate surface area is 141 Å². The summed E-state index contributed by atoms with van der Waals surface area (Å²) in [5, 5.41) is 10.2. The Morgan fingerprint density at radius 1 is 1.08 bits per heavy atom. The predicted molar refractivity (Wildman–Crippen MR) is 94.9 cm³/mol. The number of nitrogens with one attached hydrogen (secondary N) is 1. The normalized spacial score (nSPS) is 11.0. The van der Waals surface area contributed by atoms with Crippen molar-refractivity contribution >= 4 is 16.9 Å². The Morgan fingerprint density at radius 3 is 2.42 bits per heavy atom. The summed E-state index contributed by atoms with van der Waals surface area (Å²) in [4.78, 5) is 14.6. The van der Waals surface area contributed by atoms with Gasteiger partial charge in [0.25, 0.3) is 0 Å². The number of hydrogen-bond acceptors (Lipinski definition) is 2. The number of H-pyrrole nitrogens is 1. The van der Waals surface area contributed by atoms with Crippen LogP contribution in [0.25, 0.3) is 10.9 Å². The van der Waals surface area contributed by atoms with E-state index in [-0.39, 0.29) is 6.42 Å². The van der Waals surface area contributed by atoms with E-state index in [1.165, 1.54) is 11.1 Å². The van der Waals surface area contributed by atoms with Crippen LogP contribution in [0, 0.1) is 13.8 Å². The van der Waals surface area contributed by atoms with Crippen molar-refractivity contribution in [2.24, 2.45) is 0 Å². The lowest BCUT2D eigenvalue weighted by Gasteiger charge is -2.12. The summed E-state index contributed by atoms with van der Waals surface area (Å²) in [5.41, 5.74) is 6.09. The summed E-state index contributed by atoms with van der Waals surface area (Å²) in [6.07, 6.45) is 0.699. The molecule has 0 fully saturated rings. The second-order valence-corrected chi connectivity index (χ2v) is 6.13. The highest BCUT2D eigenvalue weighted by atomic mass is 16.5. The van der Waals surface area contributed by atoms with Crippen molar-refractivity contribution < 1.29 is 14.6 Å². The highest BCUT2D eigenvalue weighted by Crippen LogP contribution is 2.34. The maximum absolute atomic E-state index is 11.3. The summed E-state index contributed by atoms with van der Waals surface area (Å²) in [5.74, 6) is -0.0446. The van der Waals surface area contributed by atoms with Gasteiger partial charge in [0.1, 0.15) is 5.75 Å². The van der Waals surface area contributed by atoms with Crippen LogP contribution in [-0.4, -0.2) is 23.2 Å². The molecule has 1 aromatic heterocycles.